The first-order valence-corrected chi connectivity index (χ1v) is 10.3. The third-order valence-electron chi connectivity index (χ3n) is 4.38. The average Bonchev–Trinajstić information content (AvgIpc) is 3.32. The van der Waals surface area contributed by atoms with Gasteiger partial charge in [-0.15, -0.1) is 11.8 Å². The molecule has 0 spiro atoms. The molecule has 0 fully saturated rings. The topological polar surface area (TPSA) is 33.1 Å². The van der Waals surface area contributed by atoms with Crippen LogP contribution in [0.4, 0.5) is 0 Å². The van der Waals surface area contributed by atoms with Crippen molar-refractivity contribution in [2.45, 2.75) is 12.0 Å². The van der Waals surface area contributed by atoms with Gasteiger partial charge in [-0.25, -0.2) is 0 Å². The molecule has 1 aromatic carbocycles. The van der Waals surface area contributed by atoms with Crippen LogP contribution in [0.15, 0.2) is 71.2 Å². The molecule has 0 saturated heterocycles. The Bertz CT molecular complexity index is 876. The molecule has 3 aromatic rings. The van der Waals surface area contributed by atoms with Crippen molar-refractivity contribution in [2.75, 3.05) is 5.75 Å². The summed E-state index contributed by atoms with van der Waals surface area (Å²) in [5.41, 5.74) is 4.25. The van der Waals surface area contributed by atoms with Gasteiger partial charge in [0.2, 0.25) is 0 Å². The Hall–Kier alpha value is -1.59. The number of benzene rings is 1. The molecule has 1 aliphatic rings. The average molecular weight is 386 g/mol. The zero-order chi connectivity index (χ0) is 17.2. The fraction of sp³-hybridized carbons (Fsp3) is 0.150. The maximum Gasteiger partial charge on any atom is 0.104 e. The molecule has 2 atom stereocenters. The van der Waals surface area contributed by atoms with Crippen LogP contribution in [0.25, 0.3) is 4.91 Å². The zero-order valence-corrected chi connectivity index (χ0v) is 15.7. The van der Waals surface area contributed by atoms with Gasteiger partial charge in [0.25, 0.3) is 0 Å². The Balaban J connectivity index is 1.83. The normalized spacial score (nSPS) is 18.6. The van der Waals surface area contributed by atoms with Gasteiger partial charge in [0, 0.05) is 39.6 Å². The highest BCUT2D eigenvalue weighted by molar-refractivity contribution is 8.08. The van der Waals surface area contributed by atoms with Gasteiger partial charge < -0.3 is 5.11 Å². The maximum absolute atomic E-state index is 11.1. The number of halogens is 1. The Labute approximate surface area is 160 Å². The molecule has 5 heteroatoms. The van der Waals surface area contributed by atoms with Gasteiger partial charge in [-0.3, -0.25) is 4.98 Å². The fourth-order valence-corrected chi connectivity index (χ4v) is 5.40. The van der Waals surface area contributed by atoms with Gasteiger partial charge in [-0.2, -0.15) is 11.3 Å². The predicted molar refractivity (Wildman–Crippen MR) is 107 cm³/mol. The van der Waals surface area contributed by atoms with Crippen molar-refractivity contribution in [1.29, 1.82) is 0 Å². The second kappa shape index (κ2) is 7.34. The van der Waals surface area contributed by atoms with Gasteiger partial charge in [0.05, 0.1) is 0 Å². The van der Waals surface area contributed by atoms with Crippen molar-refractivity contribution in [3.05, 3.63) is 92.9 Å². The second-order valence-electron chi connectivity index (χ2n) is 5.90. The first-order valence-electron chi connectivity index (χ1n) is 7.97. The van der Waals surface area contributed by atoms with E-state index in [9.17, 15) is 5.11 Å². The van der Waals surface area contributed by atoms with E-state index in [1.54, 1.807) is 35.5 Å². The van der Waals surface area contributed by atoms with Crippen LogP contribution in [0, 0.1) is 0 Å². The lowest BCUT2D eigenvalue weighted by molar-refractivity contribution is 0.210. The number of aliphatic hydroxyl groups excluding tert-OH is 1. The summed E-state index contributed by atoms with van der Waals surface area (Å²) in [6.07, 6.45) is 2.80. The van der Waals surface area contributed by atoms with Crippen LogP contribution in [0.1, 0.15) is 28.7 Å². The fourth-order valence-electron chi connectivity index (χ4n) is 3.13. The Morgan fingerprint density at radius 1 is 1.16 bits per heavy atom. The molecule has 4 rings (SSSR count). The smallest absolute Gasteiger partial charge is 0.104 e. The first kappa shape index (κ1) is 16.9. The summed E-state index contributed by atoms with van der Waals surface area (Å²) in [5.74, 6) is 1.14. The summed E-state index contributed by atoms with van der Waals surface area (Å²) in [6, 6.07) is 13.8. The summed E-state index contributed by atoms with van der Waals surface area (Å²) in [6.45, 7) is 0. The number of thiophene rings is 1. The summed E-state index contributed by atoms with van der Waals surface area (Å²) in [7, 11) is 0. The lowest BCUT2D eigenvalue weighted by Gasteiger charge is -2.20. The molecular weight excluding hydrogens is 370 g/mol. The Kier molecular flexibility index (Phi) is 4.95. The molecule has 1 aliphatic heterocycles. The van der Waals surface area contributed by atoms with Crippen LogP contribution in [0.3, 0.4) is 0 Å². The van der Waals surface area contributed by atoms with Gasteiger partial charge >= 0.3 is 0 Å². The van der Waals surface area contributed by atoms with Crippen molar-refractivity contribution in [3.8, 4) is 0 Å². The molecule has 2 nitrogen and oxygen atoms in total. The van der Waals surface area contributed by atoms with E-state index in [0.29, 0.717) is 0 Å². The molecule has 0 aliphatic carbocycles. The molecule has 0 saturated carbocycles. The minimum atomic E-state index is -0.667. The largest absolute Gasteiger partial charge is 0.384 e. The van der Waals surface area contributed by atoms with Crippen molar-refractivity contribution < 1.29 is 5.11 Å². The quantitative estimate of drug-likeness (QED) is 0.618. The van der Waals surface area contributed by atoms with Gasteiger partial charge in [-0.05, 0) is 51.7 Å². The number of rotatable bonds is 4. The minimum absolute atomic E-state index is 0.206. The van der Waals surface area contributed by atoms with Crippen molar-refractivity contribution in [3.63, 3.8) is 0 Å². The van der Waals surface area contributed by atoms with Gasteiger partial charge in [0.15, 0.2) is 0 Å². The predicted octanol–water partition coefficient (Wildman–Crippen LogP) is 5.77. The maximum atomic E-state index is 11.1. The number of aliphatic hydroxyl groups is 1. The Morgan fingerprint density at radius 2 is 2.00 bits per heavy atom. The summed E-state index contributed by atoms with van der Waals surface area (Å²) < 4.78 is 0. The number of hydrogen-bond acceptors (Lipinski definition) is 4. The zero-order valence-electron chi connectivity index (χ0n) is 13.3. The van der Waals surface area contributed by atoms with Gasteiger partial charge in [-0.1, -0.05) is 29.8 Å². The van der Waals surface area contributed by atoms with Crippen molar-refractivity contribution >= 4 is 39.6 Å². The summed E-state index contributed by atoms with van der Waals surface area (Å²) >= 11 is 9.54. The monoisotopic (exact) mass is 385 g/mol. The first-order chi connectivity index (χ1) is 12.2. The lowest BCUT2D eigenvalue weighted by atomic mass is 9.87. The lowest BCUT2D eigenvalue weighted by Crippen LogP contribution is -2.10. The van der Waals surface area contributed by atoms with E-state index in [-0.39, 0.29) is 5.92 Å². The number of thioether (sulfide) groups is 1. The third kappa shape index (κ3) is 3.40. The van der Waals surface area contributed by atoms with Crippen LogP contribution in [-0.4, -0.2) is 15.8 Å². The van der Waals surface area contributed by atoms with E-state index >= 15 is 0 Å². The molecule has 3 heterocycles. The van der Waals surface area contributed by atoms with Crippen LogP contribution >= 0.6 is 34.7 Å². The molecule has 0 amide bonds. The standard InChI is InChI=1S/C20H16ClNOS2/c21-16-5-3-13(4-6-16)20-18(19(23)14-2-1-8-22-10-14)17(12-25-20)15-7-9-24-11-15/h1-11,17,19,23H,12H2. The van der Waals surface area contributed by atoms with E-state index < -0.39 is 6.10 Å². The number of pyridine rings is 1. The molecule has 25 heavy (non-hydrogen) atoms. The Morgan fingerprint density at radius 3 is 2.68 bits per heavy atom. The molecule has 2 unspecified atom stereocenters. The third-order valence-corrected chi connectivity index (χ3v) is 6.59. The molecule has 0 radical (unpaired) electrons. The molecule has 1 N–H and O–H groups in total. The molecule has 126 valence electrons. The van der Waals surface area contributed by atoms with E-state index in [1.165, 1.54) is 5.56 Å². The minimum Gasteiger partial charge on any atom is -0.384 e. The second-order valence-corrected chi connectivity index (χ2v) is 8.15. The van der Waals surface area contributed by atoms with Crippen LogP contribution in [-0.2, 0) is 0 Å². The summed E-state index contributed by atoms with van der Waals surface area (Å²) in [4.78, 5) is 5.31. The van der Waals surface area contributed by atoms with Crippen LogP contribution in [0.2, 0.25) is 5.02 Å². The van der Waals surface area contributed by atoms with E-state index in [4.69, 9.17) is 11.6 Å². The van der Waals surface area contributed by atoms with Crippen LogP contribution < -0.4 is 0 Å². The van der Waals surface area contributed by atoms with Gasteiger partial charge in [0.1, 0.15) is 6.10 Å². The van der Waals surface area contributed by atoms with E-state index in [1.807, 2.05) is 36.4 Å². The van der Waals surface area contributed by atoms with E-state index in [2.05, 4.69) is 21.8 Å². The van der Waals surface area contributed by atoms with E-state index in [0.717, 1.165) is 32.4 Å². The highest BCUT2D eigenvalue weighted by Crippen LogP contribution is 2.51. The summed E-state index contributed by atoms with van der Waals surface area (Å²) in [5, 5.41) is 16.1. The van der Waals surface area contributed by atoms with Crippen LogP contribution in [0.5, 0.6) is 0 Å². The molecular formula is C20H16ClNOS2. The van der Waals surface area contributed by atoms with Crippen molar-refractivity contribution in [2.24, 2.45) is 0 Å². The highest BCUT2D eigenvalue weighted by atomic mass is 35.5. The highest BCUT2D eigenvalue weighted by Gasteiger charge is 2.33. The molecule has 2 aromatic heterocycles. The number of hydrogen-bond donors (Lipinski definition) is 1. The number of aromatic nitrogens is 1. The van der Waals surface area contributed by atoms with Crippen molar-refractivity contribution in [1.82, 2.24) is 4.98 Å². The SMILES string of the molecule is OC(C1=C(c2ccc(Cl)cc2)SCC1c1ccsc1)c1cccnc1. The number of nitrogens with zero attached hydrogens (tertiary/aromatic N) is 1. The molecule has 0 bridgehead atoms.